The van der Waals surface area contributed by atoms with Crippen LogP contribution in [0.1, 0.15) is 88.9 Å². The second-order valence-corrected chi connectivity index (χ2v) is 23.2. The molecule has 1 amide bonds. The summed E-state index contributed by atoms with van der Waals surface area (Å²) in [6.45, 7) is 17.7. The number of carbonyl (C=O) groups excluding carboxylic acids is 1. The van der Waals surface area contributed by atoms with E-state index in [1.807, 2.05) is 35.1 Å². The Morgan fingerprint density at radius 3 is 2.26 bits per heavy atom. The molecular weight excluding hydrogens is 908 g/mol. The van der Waals surface area contributed by atoms with Crippen LogP contribution in [0.2, 0.25) is 0 Å². The largest absolute Gasteiger partial charge is 0.501 e. The minimum absolute atomic E-state index is 0.00980. The summed E-state index contributed by atoms with van der Waals surface area (Å²) in [5, 5.41) is 3.02. The number of thioether (sulfide) groups is 1. The molecule has 0 unspecified atom stereocenters. The third kappa shape index (κ3) is 13.6. The Morgan fingerprint density at radius 1 is 0.939 bits per heavy atom. The first-order valence-electron chi connectivity index (χ1n) is 23.0. The van der Waals surface area contributed by atoms with Crippen molar-refractivity contribution in [1.82, 2.24) is 14.5 Å². The monoisotopic (exact) mass is 973 g/mol. The second-order valence-electron chi connectivity index (χ2n) is 18.5. The van der Waals surface area contributed by atoms with Gasteiger partial charge in [-0.05, 0) is 117 Å². The van der Waals surface area contributed by atoms with Crippen LogP contribution >= 0.6 is 11.8 Å². The summed E-state index contributed by atoms with van der Waals surface area (Å²) in [7, 11) is -9.21. The summed E-state index contributed by atoms with van der Waals surface area (Å²) >= 11 is 1.46. The van der Waals surface area contributed by atoms with Crippen LogP contribution in [0.15, 0.2) is 111 Å². The van der Waals surface area contributed by atoms with Crippen LogP contribution in [0.5, 0.6) is 0 Å². The number of unbranched alkanes of at least 4 members (excludes halogenated alkanes) is 1. The van der Waals surface area contributed by atoms with Crippen molar-refractivity contribution in [3.8, 4) is 0 Å². The van der Waals surface area contributed by atoms with Gasteiger partial charge in [0.2, 0.25) is 0 Å². The standard InChI is InChI=1S/C49H66F3N5O6S3/c1-6-7-11-36(2)44-33-48(3,4)24-20-38(44)34-56-28-30-57(31-29-56)40-16-14-37(15-17-40)47(58)54-66(61,62)43-18-19-45(46(32-43)65(59,60)49(50,51)52)53-39(35-64-42-12-9-8-10-13-42)21-25-55-26-22-41(63-5)23-27-55/h8-10,12-19,32,39,41,53H,2,6-7,11,20-31,33-35H2,1,3-5H3,(H,54,58)/t39-/m1/s1. The van der Waals surface area contributed by atoms with Crippen LogP contribution in [0.3, 0.4) is 0 Å². The van der Waals surface area contributed by atoms with Crippen LogP contribution in [0.25, 0.3) is 0 Å². The van der Waals surface area contributed by atoms with Gasteiger partial charge in [-0.25, -0.2) is 21.6 Å². The van der Waals surface area contributed by atoms with Crippen molar-refractivity contribution in [2.45, 2.75) is 111 Å². The molecule has 66 heavy (non-hydrogen) atoms. The van der Waals surface area contributed by atoms with Crippen molar-refractivity contribution in [3.63, 3.8) is 0 Å². The number of piperidine rings is 1. The number of halogens is 3. The third-order valence-electron chi connectivity index (χ3n) is 13.0. The zero-order valence-electron chi connectivity index (χ0n) is 38.7. The molecule has 17 heteroatoms. The summed E-state index contributed by atoms with van der Waals surface area (Å²) in [5.41, 5.74) is -0.751. The van der Waals surface area contributed by atoms with E-state index >= 15 is 0 Å². The van der Waals surface area contributed by atoms with Gasteiger partial charge in [-0.3, -0.25) is 9.69 Å². The number of piperazine rings is 1. The number of likely N-dealkylation sites (tertiary alicyclic amines) is 1. The number of amides is 1. The van der Waals surface area contributed by atoms with Gasteiger partial charge in [0.15, 0.2) is 0 Å². The lowest BCUT2D eigenvalue weighted by Gasteiger charge is -2.39. The van der Waals surface area contributed by atoms with Gasteiger partial charge < -0.3 is 19.9 Å². The maximum absolute atomic E-state index is 14.2. The number of sulfone groups is 1. The molecular formula is C49H66F3N5O6S3. The fourth-order valence-corrected chi connectivity index (χ4v) is 11.9. The first-order chi connectivity index (χ1) is 31.3. The topological polar surface area (TPSA) is 128 Å². The smallest absolute Gasteiger partial charge is 0.381 e. The lowest BCUT2D eigenvalue weighted by Crippen LogP contribution is -2.47. The number of ether oxygens (including phenoxy) is 1. The number of allylic oxidation sites excluding steroid dienone is 2. The SMILES string of the molecule is C=C(CCCC)C1=C(CN2CCN(c3ccc(C(=O)NS(=O)(=O)c4ccc(N[C@H](CCN5CCC(OC)CC5)CSc5ccccc5)c(S(=O)(=O)C(F)(F)F)c4)cc3)CC2)CCC(C)(C)C1. The molecule has 0 spiro atoms. The average molecular weight is 974 g/mol. The highest BCUT2D eigenvalue weighted by molar-refractivity contribution is 7.99. The number of nitrogens with zero attached hydrogens (tertiary/aromatic N) is 3. The Balaban J connectivity index is 1.12. The van der Waals surface area contributed by atoms with E-state index in [1.54, 1.807) is 19.2 Å². The minimum Gasteiger partial charge on any atom is -0.381 e. The van der Waals surface area contributed by atoms with Gasteiger partial charge in [-0.1, -0.05) is 63.1 Å². The van der Waals surface area contributed by atoms with Crippen molar-refractivity contribution in [2.75, 3.05) is 75.4 Å². The Labute approximate surface area is 394 Å². The van der Waals surface area contributed by atoms with E-state index in [9.17, 15) is 34.8 Å². The van der Waals surface area contributed by atoms with Crippen molar-refractivity contribution in [1.29, 1.82) is 0 Å². The highest BCUT2D eigenvalue weighted by Crippen LogP contribution is 2.42. The summed E-state index contributed by atoms with van der Waals surface area (Å²) in [4.78, 5) is 19.2. The third-order valence-corrected chi connectivity index (χ3v) is 17.1. The molecule has 2 fully saturated rings. The van der Waals surface area contributed by atoms with Crippen molar-refractivity contribution >= 4 is 48.9 Å². The molecule has 0 aromatic heterocycles. The van der Waals surface area contributed by atoms with E-state index in [4.69, 9.17) is 4.74 Å². The Kier molecular flexibility index (Phi) is 17.6. The molecule has 2 saturated heterocycles. The zero-order valence-corrected chi connectivity index (χ0v) is 41.1. The molecule has 362 valence electrons. The molecule has 2 heterocycles. The van der Waals surface area contributed by atoms with Crippen molar-refractivity contribution in [3.05, 3.63) is 102 Å². The Morgan fingerprint density at radius 2 is 1.62 bits per heavy atom. The number of carbonyl (C=O) groups is 1. The van der Waals surface area contributed by atoms with Crippen molar-refractivity contribution < 1.29 is 39.5 Å². The molecule has 1 aliphatic carbocycles. The van der Waals surface area contributed by atoms with E-state index in [2.05, 4.69) is 47.4 Å². The maximum atomic E-state index is 14.2. The number of benzene rings is 3. The van der Waals surface area contributed by atoms with E-state index in [0.717, 1.165) is 120 Å². The van der Waals surface area contributed by atoms with Gasteiger partial charge in [-0.2, -0.15) is 13.2 Å². The number of anilines is 2. The fourth-order valence-electron chi connectivity index (χ4n) is 8.89. The number of nitrogens with one attached hydrogen (secondary N) is 2. The van der Waals surface area contributed by atoms with Crippen LogP contribution in [0.4, 0.5) is 24.5 Å². The van der Waals surface area contributed by atoms with Crippen LogP contribution in [-0.2, 0) is 24.6 Å². The average Bonchev–Trinajstić information content (AvgIpc) is 3.29. The molecule has 6 rings (SSSR count). The predicted molar refractivity (Wildman–Crippen MR) is 258 cm³/mol. The molecule has 11 nitrogen and oxygen atoms in total. The minimum atomic E-state index is -6.05. The van der Waals surface area contributed by atoms with E-state index in [1.165, 1.54) is 40.6 Å². The highest BCUT2D eigenvalue weighted by Gasteiger charge is 2.48. The van der Waals surface area contributed by atoms with E-state index < -0.39 is 47.1 Å². The molecule has 2 aliphatic heterocycles. The summed E-state index contributed by atoms with van der Waals surface area (Å²) in [6, 6.07) is 17.9. The van der Waals surface area contributed by atoms with E-state index in [-0.39, 0.29) is 22.8 Å². The first kappa shape index (κ1) is 51.5. The zero-order chi connectivity index (χ0) is 47.7. The molecule has 2 N–H and O–H groups in total. The Bertz CT molecular complexity index is 2380. The maximum Gasteiger partial charge on any atom is 0.501 e. The van der Waals surface area contributed by atoms with Gasteiger partial charge in [-0.15, -0.1) is 11.8 Å². The number of methoxy groups -OCH3 is 1. The lowest BCUT2D eigenvalue weighted by atomic mass is 9.72. The number of sulfonamides is 1. The summed E-state index contributed by atoms with van der Waals surface area (Å²) in [6.07, 6.45) is 8.91. The summed E-state index contributed by atoms with van der Waals surface area (Å²) in [5.74, 6) is -0.634. The second kappa shape index (κ2) is 22.5. The van der Waals surface area contributed by atoms with Gasteiger partial charge >= 0.3 is 5.51 Å². The first-order valence-corrected chi connectivity index (χ1v) is 26.9. The van der Waals surface area contributed by atoms with Gasteiger partial charge in [0.1, 0.15) is 4.90 Å². The molecule has 0 saturated carbocycles. The van der Waals surface area contributed by atoms with E-state index in [0.29, 0.717) is 24.8 Å². The fraction of sp³-hybridized carbons (Fsp3) is 0.531. The van der Waals surface area contributed by atoms with Gasteiger partial charge in [0.05, 0.1) is 16.7 Å². The predicted octanol–water partition coefficient (Wildman–Crippen LogP) is 9.55. The number of hydrogen-bond acceptors (Lipinski definition) is 11. The Hall–Kier alpha value is -3.87. The van der Waals surface area contributed by atoms with Gasteiger partial charge in [0.25, 0.3) is 25.8 Å². The molecule has 1 atom stereocenters. The quantitative estimate of drug-likeness (QED) is 0.105. The van der Waals surface area contributed by atoms with Crippen LogP contribution in [-0.4, -0.2) is 115 Å². The summed E-state index contributed by atoms with van der Waals surface area (Å²) < 4.78 is 104. The number of hydrogen-bond donors (Lipinski definition) is 2. The molecule has 3 aromatic carbocycles. The molecule has 0 bridgehead atoms. The van der Waals surface area contributed by atoms with Gasteiger partial charge in [0, 0.05) is 87.4 Å². The normalized spacial score (nSPS) is 18.6. The molecule has 0 radical (unpaired) electrons. The number of rotatable bonds is 20. The lowest BCUT2D eigenvalue weighted by molar-refractivity contribution is -0.0435. The number of alkyl halides is 3. The molecule has 3 aromatic rings. The van der Waals surface area contributed by atoms with Crippen molar-refractivity contribution in [2.24, 2.45) is 5.41 Å². The van der Waals surface area contributed by atoms with Crippen LogP contribution < -0.4 is 14.9 Å². The highest BCUT2D eigenvalue weighted by atomic mass is 32.2. The van der Waals surface area contributed by atoms with Crippen LogP contribution in [0, 0.1) is 5.41 Å². The molecule has 3 aliphatic rings.